The first-order chi connectivity index (χ1) is 16.4. The Labute approximate surface area is 209 Å². The molecule has 1 amide bonds. The number of amides is 1. The smallest absolute Gasteiger partial charge is 0.347 e. The summed E-state index contributed by atoms with van der Waals surface area (Å²) in [4.78, 5) is 16.9. The number of aryl methyl sites for hydroxylation is 1. The van der Waals surface area contributed by atoms with Crippen molar-refractivity contribution in [3.63, 3.8) is 0 Å². The largest absolute Gasteiger partial charge is 0.417 e. The van der Waals surface area contributed by atoms with Crippen LogP contribution < -0.4 is 5.32 Å². The Kier molecular flexibility index (Phi) is 6.89. The number of sulfonamides is 1. The van der Waals surface area contributed by atoms with Crippen LogP contribution in [0.2, 0.25) is 10.2 Å². The molecule has 2 unspecified atom stereocenters. The van der Waals surface area contributed by atoms with E-state index in [2.05, 4.69) is 10.3 Å². The highest BCUT2D eigenvalue weighted by Crippen LogP contribution is 2.37. The van der Waals surface area contributed by atoms with Gasteiger partial charge in [-0.05, 0) is 17.7 Å². The zero-order chi connectivity index (χ0) is 25.5. The van der Waals surface area contributed by atoms with Crippen molar-refractivity contribution >= 4 is 39.1 Å². The summed E-state index contributed by atoms with van der Waals surface area (Å²) in [7, 11) is -2.57. The van der Waals surface area contributed by atoms with Crippen LogP contribution in [0.25, 0.3) is 0 Å². The highest BCUT2D eigenvalue weighted by molar-refractivity contribution is 7.89. The standard InChI is InChI=1S/C22H19Cl2F3N4O3S/c1-30-12-28-21(19(30)24)35(33,34)31-10-15(13-6-3-2-4-7-13)17(11-31)29-20(32)14-8-5-9-16(18(14)23)22(25,26)27/h2-9,12,15,17H,10-11H2,1H3,(H,29,32). The number of hydrogen-bond acceptors (Lipinski definition) is 4. The van der Waals surface area contributed by atoms with Crippen molar-refractivity contribution in [2.24, 2.45) is 7.05 Å². The van der Waals surface area contributed by atoms with Gasteiger partial charge >= 0.3 is 6.18 Å². The fourth-order valence-corrected chi connectivity index (χ4v) is 6.21. The van der Waals surface area contributed by atoms with E-state index in [4.69, 9.17) is 23.2 Å². The van der Waals surface area contributed by atoms with Gasteiger partial charge in [0.05, 0.1) is 28.5 Å². The summed E-state index contributed by atoms with van der Waals surface area (Å²) in [6, 6.07) is 11.2. The van der Waals surface area contributed by atoms with Crippen LogP contribution in [0, 0.1) is 0 Å². The quantitative estimate of drug-likeness (QED) is 0.516. The molecule has 0 aliphatic carbocycles. The number of benzene rings is 2. The van der Waals surface area contributed by atoms with Gasteiger partial charge in [-0.3, -0.25) is 4.79 Å². The lowest BCUT2D eigenvalue weighted by Crippen LogP contribution is -2.40. The van der Waals surface area contributed by atoms with Crippen LogP contribution in [0.3, 0.4) is 0 Å². The molecule has 1 N–H and O–H groups in total. The minimum atomic E-state index is -4.74. The van der Waals surface area contributed by atoms with E-state index in [1.807, 2.05) is 0 Å². The summed E-state index contributed by atoms with van der Waals surface area (Å²) in [5.74, 6) is -1.33. The summed E-state index contributed by atoms with van der Waals surface area (Å²) >= 11 is 12.0. The Morgan fingerprint density at radius 1 is 1.09 bits per heavy atom. The van der Waals surface area contributed by atoms with Crippen molar-refractivity contribution < 1.29 is 26.4 Å². The summed E-state index contributed by atoms with van der Waals surface area (Å²) in [6.45, 7) is -0.141. The van der Waals surface area contributed by atoms with E-state index in [-0.39, 0.29) is 28.8 Å². The molecule has 0 bridgehead atoms. The number of nitrogens with zero attached hydrogens (tertiary/aromatic N) is 3. The van der Waals surface area contributed by atoms with Gasteiger partial charge in [-0.15, -0.1) is 0 Å². The van der Waals surface area contributed by atoms with E-state index in [0.717, 1.165) is 22.0 Å². The fourth-order valence-electron chi connectivity index (χ4n) is 4.01. The molecule has 186 valence electrons. The molecule has 0 radical (unpaired) electrons. The number of aromatic nitrogens is 2. The normalized spacial score (nSPS) is 19.1. The van der Waals surface area contributed by atoms with Crippen LogP contribution in [-0.2, 0) is 23.2 Å². The molecule has 7 nitrogen and oxygen atoms in total. The van der Waals surface area contributed by atoms with Gasteiger partial charge in [-0.2, -0.15) is 17.5 Å². The van der Waals surface area contributed by atoms with E-state index < -0.39 is 44.7 Å². The average molecular weight is 547 g/mol. The van der Waals surface area contributed by atoms with Gasteiger partial charge in [0.25, 0.3) is 15.9 Å². The van der Waals surface area contributed by atoms with Crippen molar-refractivity contribution in [2.45, 2.75) is 23.2 Å². The van der Waals surface area contributed by atoms with E-state index in [9.17, 15) is 26.4 Å². The topological polar surface area (TPSA) is 84.3 Å². The van der Waals surface area contributed by atoms with Crippen molar-refractivity contribution in [3.05, 3.63) is 81.7 Å². The molecule has 0 saturated carbocycles. The molecule has 1 aliphatic heterocycles. The molecule has 13 heteroatoms. The fraction of sp³-hybridized carbons (Fsp3) is 0.273. The van der Waals surface area contributed by atoms with E-state index in [1.54, 1.807) is 37.4 Å². The molecule has 35 heavy (non-hydrogen) atoms. The van der Waals surface area contributed by atoms with Gasteiger partial charge in [0.2, 0.25) is 5.03 Å². The zero-order valence-corrected chi connectivity index (χ0v) is 20.5. The summed E-state index contributed by atoms with van der Waals surface area (Å²) in [6.07, 6.45) is -3.46. The second-order valence-electron chi connectivity index (χ2n) is 8.04. The molecule has 2 aromatic carbocycles. The van der Waals surface area contributed by atoms with Crippen LogP contribution in [0.1, 0.15) is 27.4 Å². The minimum Gasteiger partial charge on any atom is -0.347 e. The molecule has 3 aromatic rings. The number of imidazole rings is 1. The molecule has 0 spiro atoms. The van der Waals surface area contributed by atoms with Gasteiger partial charge in [0, 0.05) is 26.1 Å². The molecule has 1 saturated heterocycles. The van der Waals surface area contributed by atoms with E-state index in [0.29, 0.717) is 0 Å². The summed E-state index contributed by atoms with van der Waals surface area (Å²) in [5.41, 5.74) is -0.744. The van der Waals surface area contributed by atoms with Crippen molar-refractivity contribution in [3.8, 4) is 0 Å². The number of carbonyl (C=O) groups is 1. The third-order valence-corrected chi connectivity index (χ3v) is 8.53. The maximum Gasteiger partial charge on any atom is 0.417 e. The van der Waals surface area contributed by atoms with E-state index in [1.165, 1.54) is 17.0 Å². The molecule has 1 aliphatic rings. The lowest BCUT2D eigenvalue weighted by atomic mass is 9.94. The van der Waals surface area contributed by atoms with Gasteiger partial charge < -0.3 is 9.88 Å². The number of rotatable bonds is 5. The first kappa shape index (κ1) is 25.5. The van der Waals surface area contributed by atoms with Gasteiger partial charge in [0.15, 0.2) is 0 Å². The number of halogens is 5. The van der Waals surface area contributed by atoms with Crippen molar-refractivity contribution in [2.75, 3.05) is 13.1 Å². The van der Waals surface area contributed by atoms with Crippen LogP contribution in [0.4, 0.5) is 13.2 Å². The van der Waals surface area contributed by atoms with Crippen LogP contribution in [0.15, 0.2) is 59.9 Å². The molecule has 1 aromatic heterocycles. The number of carbonyl (C=O) groups excluding carboxylic acids is 1. The first-order valence-electron chi connectivity index (χ1n) is 10.3. The Morgan fingerprint density at radius 2 is 1.77 bits per heavy atom. The van der Waals surface area contributed by atoms with Crippen LogP contribution in [0.5, 0.6) is 0 Å². The van der Waals surface area contributed by atoms with Gasteiger partial charge in [-0.25, -0.2) is 13.4 Å². The van der Waals surface area contributed by atoms with Gasteiger partial charge in [-0.1, -0.05) is 59.6 Å². The lowest BCUT2D eigenvalue weighted by Gasteiger charge is -2.21. The Morgan fingerprint density at radius 3 is 2.37 bits per heavy atom. The molecule has 2 heterocycles. The Balaban J connectivity index is 1.66. The third-order valence-electron chi connectivity index (χ3n) is 5.80. The molecular weight excluding hydrogens is 528 g/mol. The van der Waals surface area contributed by atoms with Gasteiger partial charge in [0.1, 0.15) is 5.15 Å². The van der Waals surface area contributed by atoms with Crippen LogP contribution >= 0.6 is 23.2 Å². The second kappa shape index (κ2) is 9.45. The monoisotopic (exact) mass is 546 g/mol. The highest BCUT2D eigenvalue weighted by Gasteiger charge is 2.43. The summed E-state index contributed by atoms with van der Waals surface area (Å²) < 4.78 is 68.8. The minimum absolute atomic E-state index is 0.000515. The molecule has 1 fully saturated rings. The lowest BCUT2D eigenvalue weighted by molar-refractivity contribution is -0.137. The summed E-state index contributed by atoms with van der Waals surface area (Å²) in [5, 5.41) is 1.57. The SMILES string of the molecule is Cn1cnc(S(=O)(=O)N2CC(NC(=O)c3cccc(C(F)(F)F)c3Cl)C(c3ccccc3)C2)c1Cl. The Hall–Kier alpha value is -2.60. The number of hydrogen-bond donors (Lipinski definition) is 1. The second-order valence-corrected chi connectivity index (χ2v) is 10.6. The Bertz CT molecular complexity index is 1360. The van der Waals surface area contributed by atoms with Crippen molar-refractivity contribution in [1.82, 2.24) is 19.2 Å². The predicted octanol–water partition coefficient (Wildman–Crippen LogP) is 4.33. The third kappa shape index (κ3) is 4.90. The zero-order valence-electron chi connectivity index (χ0n) is 18.1. The molecule has 2 atom stereocenters. The predicted molar refractivity (Wildman–Crippen MR) is 124 cm³/mol. The van der Waals surface area contributed by atoms with E-state index >= 15 is 0 Å². The highest BCUT2D eigenvalue weighted by atomic mass is 35.5. The molecular formula is C22H19Cl2F3N4O3S. The first-order valence-corrected chi connectivity index (χ1v) is 12.5. The number of nitrogens with one attached hydrogen (secondary N) is 1. The van der Waals surface area contributed by atoms with Crippen molar-refractivity contribution in [1.29, 1.82) is 0 Å². The number of alkyl halides is 3. The maximum atomic E-state index is 13.3. The van der Waals surface area contributed by atoms with Crippen LogP contribution in [-0.4, -0.2) is 47.3 Å². The maximum absolute atomic E-state index is 13.3. The average Bonchev–Trinajstić information content (AvgIpc) is 3.38. The molecule has 4 rings (SSSR count).